The maximum atomic E-state index is 14.6. The topological polar surface area (TPSA) is 87.6 Å². The minimum atomic E-state index is -0.604. The van der Waals surface area contributed by atoms with Crippen LogP contribution in [-0.4, -0.2) is 60.4 Å². The fourth-order valence-corrected chi connectivity index (χ4v) is 3.83. The molecule has 2 fully saturated rings. The van der Waals surface area contributed by atoms with Crippen molar-refractivity contribution in [3.05, 3.63) is 17.3 Å². The van der Waals surface area contributed by atoms with Crippen LogP contribution in [0.4, 0.5) is 10.2 Å². The number of amides is 1. The minimum absolute atomic E-state index is 0.00893. The van der Waals surface area contributed by atoms with E-state index in [2.05, 4.69) is 15.3 Å². The van der Waals surface area contributed by atoms with Crippen LogP contribution in [-0.2, 0) is 9.53 Å². The summed E-state index contributed by atoms with van der Waals surface area (Å²) in [4.78, 5) is 23.1. The first kappa shape index (κ1) is 18.0. The molecule has 8 heteroatoms. The van der Waals surface area contributed by atoms with E-state index >= 15 is 0 Å². The van der Waals surface area contributed by atoms with Crippen molar-refractivity contribution in [3.8, 4) is 0 Å². The third kappa shape index (κ3) is 3.32. The van der Waals surface area contributed by atoms with Gasteiger partial charge in [0.25, 0.3) is 0 Å². The smallest absolute Gasteiger partial charge is 0.228 e. The van der Waals surface area contributed by atoms with Gasteiger partial charge in [-0.05, 0) is 26.7 Å². The molecule has 3 rings (SSSR count). The molecule has 0 aromatic carbocycles. The van der Waals surface area contributed by atoms with Crippen molar-refractivity contribution >= 4 is 11.7 Å². The van der Waals surface area contributed by atoms with Crippen molar-refractivity contribution < 1.29 is 19.0 Å². The standard InChI is InChI=1S/C17H25FN4O3/c1-11-14(18)15(21-12(2)20-11)22-8-13-9-25-7-4-17(13,10-22)16(24)19-5-3-6-23/h13,23H,3-10H2,1-2H3,(H,19,24). The fraction of sp³-hybridized carbons (Fsp3) is 0.706. The van der Waals surface area contributed by atoms with Gasteiger partial charge in [0, 0.05) is 38.8 Å². The van der Waals surface area contributed by atoms with E-state index in [-0.39, 0.29) is 24.2 Å². The third-order valence-electron chi connectivity index (χ3n) is 5.19. The molecule has 0 saturated carbocycles. The van der Waals surface area contributed by atoms with E-state index < -0.39 is 11.2 Å². The van der Waals surface area contributed by atoms with E-state index in [4.69, 9.17) is 9.84 Å². The zero-order valence-corrected chi connectivity index (χ0v) is 14.7. The summed E-state index contributed by atoms with van der Waals surface area (Å²) in [5, 5.41) is 11.8. The lowest BCUT2D eigenvalue weighted by molar-refractivity contribution is -0.139. The number of nitrogens with zero attached hydrogens (tertiary/aromatic N) is 3. The van der Waals surface area contributed by atoms with Crippen molar-refractivity contribution in [2.45, 2.75) is 26.7 Å². The van der Waals surface area contributed by atoms with Gasteiger partial charge in [-0.25, -0.2) is 14.4 Å². The summed E-state index contributed by atoms with van der Waals surface area (Å²) < 4.78 is 20.1. The van der Waals surface area contributed by atoms with Crippen molar-refractivity contribution in [2.75, 3.05) is 44.4 Å². The van der Waals surface area contributed by atoms with E-state index in [0.29, 0.717) is 57.2 Å². The van der Waals surface area contributed by atoms with Gasteiger partial charge in [-0.1, -0.05) is 0 Å². The summed E-state index contributed by atoms with van der Waals surface area (Å²) in [5.74, 6) is 0.300. The predicted molar refractivity (Wildman–Crippen MR) is 89.7 cm³/mol. The monoisotopic (exact) mass is 352 g/mol. The highest BCUT2D eigenvalue weighted by Crippen LogP contribution is 2.44. The molecule has 2 aliphatic heterocycles. The summed E-state index contributed by atoms with van der Waals surface area (Å²) >= 11 is 0. The van der Waals surface area contributed by atoms with E-state index in [1.54, 1.807) is 13.8 Å². The third-order valence-corrected chi connectivity index (χ3v) is 5.19. The Bertz CT molecular complexity index is 657. The minimum Gasteiger partial charge on any atom is -0.396 e. The SMILES string of the molecule is Cc1nc(C)c(F)c(N2CC3COCCC3(C(=O)NCCCO)C2)n1. The van der Waals surface area contributed by atoms with Gasteiger partial charge in [-0.15, -0.1) is 0 Å². The normalized spacial score (nSPS) is 25.8. The second-order valence-corrected chi connectivity index (χ2v) is 6.89. The molecular weight excluding hydrogens is 327 g/mol. The number of carbonyl (C=O) groups is 1. The number of aliphatic hydroxyl groups excluding tert-OH is 1. The van der Waals surface area contributed by atoms with Crippen LogP contribution in [0.3, 0.4) is 0 Å². The molecule has 2 aliphatic rings. The summed E-state index contributed by atoms with van der Waals surface area (Å²) in [6.07, 6.45) is 1.12. The molecule has 2 unspecified atom stereocenters. The Hall–Kier alpha value is -1.80. The highest BCUT2D eigenvalue weighted by molar-refractivity contribution is 5.84. The Balaban J connectivity index is 1.86. The van der Waals surface area contributed by atoms with Crippen LogP contribution in [0.25, 0.3) is 0 Å². The van der Waals surface area contributed by atoms with E-state index in [9.17, 15) is 9.18 Å². The van der Waals surface area contributed by atoms with Gasteiger partial charge >= 0.3 is 0 Å². The Morgan fingerprint density at radius 2 is 2.28 bits per heavy atom. The first-order valence-corrected chi connectivity index (χ1v) is 8.70. The average molecular weight is 352 g/mol. The predicted octanol–water partition coefficient (Wildman–Crippen LogP) is 0.574. The van der Waals surface area contributed by atoms with Crippen LogP contribution in [0.15, 0.2) is 0 Å². The highest BCUT2D eigenvalue weighted by atomic mass is 19.1. The summed E-state index contributed by atoms with van der Waals surface area (Å²) in [6.45, 7) is 5.77. The van der Waals surface area contributed by atoms with Crippen LogP contribution in [0.2, 0.25) is 0 Å². The van der Waals surface area contributed by atoms with Crippen LogP contribution in [0.5, 0.6) is 0 Å². The molecule has 0 bridgehead atoms. The van der Waals surface area contributed by atoms with Crippen LogP contribution >= 0.6 is 0 Å². The van der Waals surface area contributed by atoms with Crippen LogP contribution in [0, 0.1) is 31.0 Å². The van der Waals surface area contributed by atoms with Crippen LogP contribution in [0.1, 0.15) is 24.4 Å². The largest absolute Gasteiger partial charge is 0.396 e. The molecule has 1 aromatic rings. The second-order valence-electron chi connectivity index (χ2n) is 6.89. The molecule has 2 saturated heterocycles. The van der Waals surface area contributed by atoms with E-state index in [0.717, 1.165) is 0 Å². The van der Waals surface area contributed by atoms with Gasteiger partial charge in [-0.2, -0.15) is 0 Å². The van der Waals surface area contributed by atoms with Gasteiger partial charge < -0.3 is 20.1 Å². The number of rotatable bonds is 5. The number of hydrogen-bond acceptors (Lipinski definition) is 6. The fourth-order valence-electron chi connectivity index (χ4n) is 3.83. The molecular formula is C17H25FN4O3. The molecule has 0 aliphatic carbocycles. The Morgan fingerprint density at radius 1 is 1.48 bits per heavy atom. The molecule has 2 atom stereocenters. The molecule has 7 nitrogen and oxygen atoms in total. The van der Waals surface area contributed by atoms with Gasteiger partial charge in [0.15, 0.2) is 11.6 Å². The molecule has 2 N–H and O–H groups in total. The van der Waals surface area contributed by atoms with Gasteiger partial charge in [0.05, 0.1) is 17.7 Å². The number of halogens is 1. The Labute approximate surface area is 146 Å². The highest BCUT2D eigenvalue weighted by Gasteiger charge is 2.54. The quantitative estimate of drug-likeness (QED) is 0.754. The van der Waals surface area contributed by atoms with Crippen molar-refractivity contribution in [2.24, 2.45) is 11.3 Å². The van der Waals surface area contributed by atoms with Gasteiger partial charge in [0.2, 0.25) is 5.91 Å². The first-order valence-electron chi connectivity index (χ1n) is 8.70. The zero-order chi connectivity index (χ0) is 18.0. The number of carbonyl (C=O) groups excluding carboxylic acids is 1. The summed E-state index contributed by atoms with van der Waals surface area (Å²) in [6, 6.07) is 0. The molecule has 0 radical (unpaired) electrons. The summed E-state index contributed by atoms with van der Waals surface area (Å²) in [5.41, 5.74) is -0.289. The van der Waals surface area contributed by atoms with Gasteiger partial charge in [0.1, 0.15) is 5.82 Å². The van der Waals surface area contributed by atoms with E-state index in [1.165, 1.54) is 0 Å². The molecule has 25 heavy (non-hydrogen) atoms. The number of aliphatic hydroxyl groups is 1. The molecule has 3 heterocycles. The summed E-state index contributed by atoms with van der Waals surface area (Å²) in [7, 11) is 0. The van der Waals surface area contributed by atoms with Crippen LogP contribution < -0.4 is 10.2 Å². The number of nitrogens with one attached hydrogen (secondary N) is 1. The maximum absolute atomic E-state index is 14.6. The average Bonchev–Trinajstić information content (AvgIpc) is 2.99. The van der Waals surface area contributed by atoms with Crippen molar-refractivity contribution in [3.63, 3.8) is 0 Å². The van der Waals surface area contributed by atoms with Gasteiger partial charge in [-0.3, -0.25) is 4.79 Å². The number of anilines is 1. The zero-order valence-electron chi connectivity index (χ0n) is 14.7. The number of aromatic nitrogens is 2. The molecule has 138 valence electrons. The molecule has 1 amide bonds. The lowest BCUT2D eigenvalue weighted by Gasteiger charge is -2.36. The maximum Gasteiger partial charge on any atom is 0.228 e. The number of fused-ring (bicyclic) bond motifs is 1. The lowest BCUT2D eigenvalue weighted by Crippen LogP contribution is -2.50. The molecule has 1 aromatic heterocycles. The number of hydrogen-bond donors (Lipinski definition) is 2. The first-order chi connectivity index (χ1) is 12.0. The molecule has 0 spiro atoms. The van der Waals surface area contributed by atoms with Crippen molar-refractivity contribution in [1.29, 1.82) is 0 Å². The Morgan fingerprint density at radius 3 is 3.04 bits per heavy atom. The lowest BCUT2D eigenvalue weighted by atomic mass is 9.73. The second kappa shape index (κ2) is 7.21. The van der Waals surface area contributed by atoms with E-state index in [1.807, 2.05) is 4.90 Å². The number of aryl methyl sites for hydroxylation is 2. The Kier molecular flexibility index (Phi) is 5.19. The number of ether oxygens (including phenoxy) is 1. The van der Waals surface area contributed by atoms with Crippen molar-refractivity contribution in [1.82, 2.24) is 15.3 Å².